The molecule has 1 aliphatic rings. The Bertz CT molecular complexity index is 289. The van der Waals surface area contributed by atoms with Crippen LogP contribution in [0.1, 0.15) is 11.9 Å². The Kier molecular flexibility index (Phi) is 3.33. The maximum Gasteiger partial charge on any atom is 0.184 e. The van der Waals surface area contributed by atoms with Crippen LogP contribution in [0, 0.1) is 0 Å². The average Bonchev–Trinajstić information content (AvgIpc) is 2.73. The Morgan fingerprint density at radius 1 is 0.933 bits per heavy atom. The van der Waals surface area contributed by atoms with Crippen molar-refractivity contribution in [2.24, 2.45) is 0 Å². The molecule has 1 aromatic rings. The molecule has 0 amide bonds. The molecule has 15 heavy (non-hydrogen) atoms. The van der Waals surface area contributed by atoms with E-state index in [1.165, 1.54) is 0 Å². The van der Waals surface area contributed by atoms with Gasteiger partial charge in [0.05, 0.1) is 13.2 Å². The summed E-state index contributed by atoms with van der Waals surface area (Å²) in [7, 11) is 0. The van der Waals surface area contributed by atoms with Crippen LogP contribution in [-0.4, -0.2) is 35.6 Å². The molecule has 0 aliphatic carbocycles. The fourth-order valence-electron chi connectivity index (χ4n) is 1.61. The first-order valence-corrected chi connectivity index (χ1v) is 4.92. The monoisotopic (exact) mass is 210 g/mol. The highest BCUT2D eigenvalue weighted by molar-refractivity contribution is 5.16. The van der Waals surface area contributed by atoms with Gasteiger partial charge in [0.15, 0.2) is 6.29 Å². The summed E-state index contributed by atoms with van der Waals surface area (Å²) in [5.74, 6) is 0. The first-order valence-electron chi connectivity index (χ1n) is 4.92. The lowest BCUT2D eigenvalue weighted by atomic mass is 10.2. The minimum absolute atomic E-state index is 0.144. The Balaban J connectivity index is 2.08. The minimum Gasteiger partial charge on any atom is -0.394 e. The van der Waals surface area contributed by atoms with Crippen molar-refractivity contribution in [2.45, 2.75) is 18.5 Å². The molecule has 4 heteroatoms. The van der Waals surface area contributed by atoms with Crippen molar-refractivity contribution in [1.82, 2.24) is 0 Å². The van der Waals surface area contributed by atoms with E-state index in [2.05, 4.69) is 0 Å². The molecule has 0 spiro atoms. The van der Waals surface area contributed by atoms with Gasteiger partial charge in [-0.3, -0.25) is 0 Å². The van der Waals surface area contributed by atoms with E-state index in [0.29, 0.717) is 0 Å². The van der Waals surface area contributed by atoms with Crippen LogP contribution in [0.2, 0.25) is 0 Å². The Hall–Kier alpha value is -0.940. The summed E-state index contributed by atoms with van der Waals surface area (Å²) < 4.78 is 10.9. The first kappa shape index (κ1) is 10.6. The second-order valence-electron chi connectivity index (χ2n) is 3.46. The van der Waals surface area contributed by atoms with Crippen LogP contribution in [0.15, 0.2) is 30.3 Å². The lowest BCUT2D eigenvalue weighted by Crippen LogP contribution is -2.29. The van der Waals surface area contributed by atoms with Gasteiger partial charge in [-0.25, -0.2) is 0 Å². The second kappa shape index (κ2) is 4.72. The highest BCUT2D eigenvalue weighted by atomic mass is 16.7. The zero-order valence-corrected chi connectivity index (χ0v) is 8.24. The number of benzene rings is 1. The summed E-state index contributed by atoms with van der Waals surface area (Å²) in [6, 6.07) is 9.47. The molecule has 0 unspecified atom stereocenters. The Morgan fingerprint density at radius 2 is 1.47 bits per heavy atom. The van der Waals surface area contributed by atoms with Gasteiger partial charge in [-0.15, -0.1) is 0 Å². The third-order valence-corrected chi connectivity index (χ3v) is 2.44. The van der Waals surface area contributed by atoms with Crippen molar-refractivity contribution in [3.05, 3.63) is 35.9 Å². The van der Waals surface area contributed by atoms with Gasteiger partial charge in [0, 0.05) is 5.56 Å². The molecule has 0 aromatic heterocycles. The van der Waals surface area contributed by atoms with Gasteiger partial charge in [0.1, 0.15) is 12.2 Å². The highest BCUT2D eigenvalue weighted by Gasteiger charge is 2.35. The molecular formula is C11H14O4. The largest absolute Gasteiger partial charge is 0.394 e. The molecule has 1 heterocycles. The van der Waals surface area contributed by atoms with Gasteiger partial charge in [0.25, 0.3) is 0 Å². The Morgan fingerprint density at radius 3 is 1.93 bits per heavy atom. The second-order valence-corrected chi connectivity index (χ2v) is 3.46. The van der Waals surface area contributed by atoms with E-state index in [1.807, 2.05) is 30.3 Å². The van der Waals surface area contributed by atoms with Crippen LogP contribution >= 0.6 is 0 Å². The third-order valence-electron chi connectivity index (χ3n) is 2.44. The maximum atomic E-state index is 9.02. The average molecular weight is 210 g/mol. The van der Waals surface area contributed by atoms with E-state index < -0.39 is 18.5 Å². The summed E-state index contributed by atoms with van der Waals surface area (Å²) in [6.45, 7) is -0.289. The number of aliphatic hydroxyl groups is 2. The number of hydrogen-bond acceptors (Lipinski definition) is 4. The molecule has 0 radical (unpaired) electrons. The predicted octanol–water partition coefficient (Wildman–Crippen LogP) is 0.454. The van der Waals surface area contributed by atoms with E-state index in [0.717, 1.165) is 5.56 Å². The highest BCUT2D eigenvalue weighted by Crippen LogP contribution is 2.30. The summed E-state index contributed by atoms with van der Waals surface area (Å²) in [5.41, 5.74) is 0.895. The molecule has 1 saturated heterocycles. The van der Waals surface area contributed by atoms with Crippen LogP contribution in [0.3, 0.4) is 0 Å². The van der Waals surface area contributed by atoms with Gasteiger partial charge >= 0.3 is 0 Å². The summed E-state index contributed by atoms with van der Waals surface area (Å²) in [6.07, 6.45) is -1.37. The first-order chi connectivity index (χ1) is 7.35. The van der Waals surface area contributed by atoms with Gasteiger partial charge in [-0.1, -0.05) is 30.3 Å². The fraction of sp³-hybridized carbons (Fsp3) is 0.455. The molecule has 1 aliphatic heterocycles. The quantitative estimate of drug-likeness (QED) is 0.760. The Labute approximate surface area is 88.1 Å². The van der Waals surface area contributed by atoms with Crippen molar-refractivity contribution in [3.63, 3.8) is 0 Å². The summed E-state index contributed by atoms with van der Waals surface area (Å²) >= 11 is 0. The molecule has 2 N–H and O–H groups in total. The lowest BCUT2D eigenvalue weighted by molar-refractivity contribution is -0.0770. The van der Waals surface area contributed by atoms with E-state index in [4.69, 9.17) is 19.7 Å². The van der Waals surface area contributed by atoms with Crippen LogP contribution in [-0.2, 0) is 9.47 Å². The van der Waals surface area contributed by atoms with Crippen molar-refractivity contribution >= 4 is 0 Å². The standard InChI is InChI=1S/C11H14O4/c12-6-9-10(7-13)15-11(14-9)8-4-2-1-3-5-8/h1-5,9-13H,6-7H2/t9-,10-/m1/s1. The molecular weight excluding hydrogens is 196 g/mol. The minimum atomic E-state index is -0.486. The SMILES string of the molecule is OC[C@H]1OC(c2ccccc2)O[C@@H]1CO. The van der Waals surface area contributed by atoms with E-state index >= 15 is 0 Å². The number of hydrogen-bond donors (Lipinski definition) is 2. The molecule has 0 bridgehead atoms. The molecule has 1 aromatic carbocycles. The van der Waals surface area contributed by atoms with E-state index in [1.54, 1.807) is 0 Å². The molecule has 1 fully saturated rings. The van der Waals surface area contributed by atoms with Crippen LogP contribution < -0.4 is 0 Å². The normalized spacial score (nSPS) is 27.1. The van der Waals surface area contributed by atoms with Gasteiger partial charge < -0.3 is 19.7 Å². The van der Waals surface area contributed by atoms with E-state index in [-0.39, 0.29) is 13.2 Å². The smallest absolute Gasteiger partial charge is 0.184 e. The molecule has 82 valence electrons. The summed E-state index contributed by atoms with van der Waals surface area (Å²) in [5, 5.41) is 18.0. The van der Waals surface area contributed by atoms with Crippen molar-refractivity contribution in [1.29, 1.82) is 0 Å². The van der Waals surface area contributed by atoms with Gasteiger partial charge in [0.2, 0.25) is 0 Å². The number of rotatable bonds is 3. The number of ether oxygens (including phenoxy) is 2. The zero-order chi connectivity index (χ0) is 10.7. The van der Waals surface area contributed by atoms with Gasteiger partial charge in [-0.05, 0) is 0 Å². The van der Waals surface area contributed by atoms with E-state index in [9.17, 15) is 0 Å². The zero-order valence-electron chi connectivity index (χ0n) is 8.24. The van der Waals surface area contributed by atoms with Crippen molar-refractivity contribution < 1.29 is 19.7 Å². The van der Waals surface area contributed by atoms with Crippen molar-refractivity contribution in [2.75, 3.05) is 13.2 Å². The van der Waals surface area contributed by atoms with Crippen LogP contribution in [0.4, 0.5) is 0 Å². The molecule has 4 nitrogen and oxygen atoms in total. The molecule has 0 saturated carbocycles. The third kappa shape index (κ3) is 2.18. The molecule has 2 atom stereocenters. The van der Waals surface area contributed by atoms with Crippen LogP contribution in [0.5, 0.6) is 0 Å². The topological polar surface area (TPSA) is 58.9 Å². The van der Waals surface area contributed by atoms with Gasteiger partial charge in [-0.2, -0.15) is 0 Å². The maximum absolute atomic E-state index is 9.02. The molecule has 2 rings (SSSR count). The lowest BCUT2D eigenvalue weighted by Gasteiger charge is -2.09. The summed E-state index contributed by atoms with van der Waals surface area (Å²) in [4.78, 5) is 0. The fourth-order valence-corrected chi connectivity index (χ4v) is 1.61. The predicted molar refractivity (Wildman–Crippen MR) is 53.1 cm³/mol. The van der Waals surface area contributed by atoms with Crippen molar-refractivity contribution in [3.8, 4) is 0 Å². The number of aliphatic hydroxyl groups excluding tert-OH is 2. The van der Waals surface area contributed by atoms with Crippen LogP contribution in [0.25, 0.3) is 0 Å².